The summed E-state index contributed by atoms with van der Waals surface area (Å²) in [6, 6.07) is 5.67. The number of nitrogens with two attached hydrogens (primary N) is 1. The molecular weight excluding hydrogens is 308 g/mol. The molecule has 0 saturated carbocycles. The first-order valence-electron chi connectivity index (χ1n) is 5.98. The minimum atomic E-state index is -0.249. The van der Waals surface area contributed by atoms with E-state index in [1.54, 1.807) is 0 Å². The van der Waals surface area contributed by atoms with Gasteiger partial charge in [0.25, 0.3) is 5.89 Å². The molecule has 0 aliphatic carbocycles. The largest absolute Gasteiger partial charge is 0.334 e. The quantitative estimate of drug-likeness (QED) is 0.935. The number of rotatable bonds is 4. The van der Waals surface area contributed by atoms with Crippen molar-refractivity contribution in [1.82, 2.24) is 15.0 Å². The second-order valence-electron chi connectivity index (χ2n) is 4.79. The molecule has 1 unspecified atom stereocenters. The van der Waals surface area contributed by atoms with Crippen LogP contribution in [-0.4, -0.2) is 35.7 Å². The maximum Gasteiger partial charge on any atom is 0.258 e. The van der Waals surface area contributed by atoms with E-state index in [0.717, 1.165) is 15.6 Å². The number of nitrogens with zero attached hydrogens (tertiary/aromatic N) is 3. The van der Waals surface area contributed by atoms with Crippen LogP contribution in [0.15, 0.2) is 27.2 Å². The molecule has 0 bridgehead atoms. The average Bonchev–Trinajstić information content (AvgIpc) is 2.81. The van der Waals surface area contributed by atoms with E-state index in [1.165, 1.54) is 0 Å². The topological polar surface area (TPSA) is 68.2 Å². The number of benzene rings is 1. The van der Waals surface area contributed by atoms with Crippen molar-refractivity contribution in [2.75, 3.05) is 20.6 Å². The van der Waals surface area contributed by atoms with Crippen molar-refractivity contribution in [3.05, 3.63) is 34.1 Å². The van der Waals surface area contributed by atoms with E-state index < -0.39 is 0 Å². The Bertz CT molecular complexity index is 568. The lowest BCUT2D eigenvalue weighted by molar-refractivity contribution is 0.357. The molecule has 0 spiro atoms. The molecule has 0 aliphatic heterocycles. The minimum Gasteiger partial charge on any atom is -0.334 e. The van der Waals surface area contributed by atoms with Gasteiger partial charge in [-0.15, -0.1) is 0 Å². The van der Waals surface area contributed by atoms with Crippen LogP contribution >= 0.6 is 15.9 Å². The van der Waals surface area contributed by atoms with Gasteiger partial charge in [-0.1, -0.05) is 27.2 Å². The minimum absolute atomic E-state index is 0.249. The zero-order valence-corrected chi connectivity index (χ0v) is 12.8. The van der Waals surface area contributed by atoms with Crippen LogP contribution in [0, 0.1) is 6.92 Å². The molecule has 0 radical (unpaired) electrons. The molecule has 2 rings (SSSR count). The number of likely N-dealkylation sites (N-methyl/N-ethyl adjacent to an activating group) is 1. The molecule has 102 valence electrons. The number of aromatic nitrogens is 2. The fourth-order valence-corrected chi connectivity index (χ4v) is 2.08. The normalized spacial score (nSPS) is 12.9. The smallest absolute Gasteiger partial charge is 0.258 e. The van der Waals surface area contributed by atoms with Gasteiger partial charge in [0.1, 0.15) is 0 Å². The zero-order chi connectivity index (χ0) is 14.0. The van der Waals surface area contributed by atoms with Gasteiger partial charge < -0.3 is 15.2 Å². The van der Waals surface area contributed by atoms with Gasteiger partial charge in [-0.3, -0.25) is 0 Å². The molecule has 1 heterocycles. The predicted octanol–water partition coefficient (Wildman–Crippen LogP) is 2.37. The van der Waals surface area contributed by atoms with E-state index in [-0.39, 0.29) is 6.04 Å². The van der Waals surface area contributed by atoms with Crippen LogP contribution < -0.4 is 5.73 Å². The first-order chi connectivity index (χ1) is 8.97. The third-order valence-corrected chi connectivity index (χ3v) is 3.61. The van der Waals surface area contributed by atoms with E-state index in [4.69, 9.17) is 10.3 Å². The van der Waals surface area contributed by atoms with Crippen LogP contribution in [0.1, 0.15) is 17.4 Å². The van der Waals surface area contributed by atoms with Gasteiger partial charge in [0, 0.05) is 16.6 Å². The zero-order valence-electron chi connectivity index (χ0n) is 11.2. The Morgan fingerprint density at radius 2 is 2.16 bits per heavy atom. The van der Waals surface area contributed by atoms with Crippen molar-refractivity contribution < 1.29 is 4.52 Å². The van der Waals surface area contributed by atoms with Crippen molar-refractivity contribution >= 4 is 15.9 Å². The summed E-state index contributed by atoms with van der Waals surface area (Å²) in [5.41, 5.74) is 8.05. The molecule has 19 heavy (non-hydrogen) atoms. The molecule has 0 saturated heterocycles. The van der Waals surface area contributed by atoms with Crippen molar-refractivity contribution in [3.63, 3.8) is 0 Å². The fraction of sp³-hybridized carbons (Fsp3) is 0.385. The average molecular weight is 325 g/mol. The Balaban J connectivity index is 2.22. The van der Waals surface area contributed by atoms with Gasteiger partial charge in [-0.25, -0.2) is 0 Å². The molecule has 2 aromatic rings. The molecule has 1 aromatic heterocycles. The van der Waals surface area contributed by atoms with Crippen molar-refractivity contribution in [2.24, 2.45) is 5.73 Å². The van der Waals surface area contributed by atoms with Crippen molar-refractivity contribution in [3.8, 4) is 11.5 Å². The van der Waals surface area contributed by atoms with Crippen LogP contribution in [-0.2, 0) is 0 Å². The number of hydrogen-bond donors (Lipinski definition) is 1. The summed E-state index contributed by atoms with van der Waals surface area (Å²) in [5.74, 6) is 1.02. The molecule has 0 aliphatic rings. The summed E-state index contributed by atoms with van der Waals surface area (Å²) in [4.78, 5) is 6.34. The third kappa shape index (κ3) is 3.40. The van der Waals surface area contributed by atoms with Gasteiger partial charge in [-0.2, -0.15) is 4.98 Å². The summed E-state index contributed by atoms with van der Waals surface area (Å²) >= 11 is 3.49. The van der Waals surface area contributed by atoms with Crippen LogP contribution in [0.5, 0.6) is 0 Å². The van der Waals surface area contributed by atoms with Crippen LogP contribution in [0.2, 0.25) is 0 Å². The summed E-state index contributed by atoms with van der Waals surface area (Å²) in [6.45, 7) is 2.71. The summed E-state index contributed by atoms with van der Waals surface area (Å²) in [7, 11) is 3.91. The highest BCUT2D eigenvalue weighted by molar-refractivity contribution is 9.10. The van der Waals surface area contributed by atoms with Crippen LogP contribution in [0.3, 0.4) is 0 Å². The fourth-order valence-electron chi connectivity index (χ4n) is 1.70. The lowest BCUT2D eigenvalue weighted by Gasteiger charge is -2.12. The predicted molar refractivity (Wildman–Crippen MR) is 77.7 cm³/mol. The van der Waals surface area contributed by atoms with Crippen molar-refractivity contribution in [2.45, 2.75) is 13.0 Å². The first-order valence-corrected chi connectivity index (χ1v) is 6.77. The summed E-state index contributed by atoms with van der Waals surface area (Å²) in [6.07, 6.45) is 0. The monoisotopic (exact) mass is 324 g/mol. The second-order valence-corrected chi connectivity index (χ2v) is 5.64. The van der Waals surface area contributed by atoms with Gasteiger partial charge >= 0.3 is 0 Å². The summed E-state index contributed by atoms with van der Waals surface area (Å²) < 4.78 is 6.28. The van der Waals surface area contributed by atoms with Gasteiger partial charge in [0.2, 0.25) is 0 Å². The molecule has 5 nitrogen and oxygen atoms in total. The van der Waals surface area contributed by atoms with Gasteiger partial charge in [-0.05, 0) is 38.7 Å². The maximum atomic E-state index is 6.01. The second kappa shape index (κ2) is 5.81. The lowest BCUT2D eigenvalue weighted by atomic mass is 10.1. The Kier molecular flexibility index (Phi) is 4.34. The van der Waals surface area contributed by atoms with E-state index >= 15 is 0 Å². The van der Waals surface area contributed by atoms with Crippen LogP contribution in [0.25, 0.3) is 11.5 Å². The molecule has 0 fully saturated rings. The Hall–Kier alpha value is -1.24. The highest BCUT2D eigenvalue weighted by atomic mass is 79.9. The molecule has 0 amide bonds. The standard InChI is InChI=1S/C13H17BrN4O/c1-8-4-5-9(6-10(8)14)13-16-12(17-19-13)11(15)7-18(2)3/h4-6,11H,7,15H2,1-3H3. The van der Waals surface area contributed by atoms with E-state index in [1.807, 2.05) is 44.1 Å². The first kappa shape index (κ1) is 14.2. The van der Waals surface area contributed by atoms with E-state index in [0.29, 0.717) is 18.3 Å². The van der Waals surface area contributed by atoms with Gasteiger partial charge in [0.05, 0.1) is 6.04 Å². The molecular formula is C13H17BrN4O. The molecule has 1 atom stereocenters. The van der Waals surface area contributed by atoms with E-state index in [2.05, 4.69) is 26.1 Å². The highest BCUT2D eigenvalue weighted by Gasteiger charge is 2.16. The van der Waals surface area contributed by atoms with E-state index in [9.17, 15) is 0 Å². The Labute approximate surface area is 120 Å². The number of aryl methyl sites for hydroxylation is 1. The maximum absolute atomic E-state index is 6.01. The number of hydrogen-bond acceptors (Lipinski definition) is 5. The Morgan fingerprint density at radius 1 is 1.42 bits per heavy atom. The molecule has 2 N–H and O–H groups in total. The molecule has 6 heteroatoms. The lowest BCUT2D eigenvalue weighted by Crippen LogP contribution is -2.26. The number of halogens is 1. The van der Waals surface area contributed by atoms with Crippen molar-refractivity contribution in [1.29, 1.82) is 0 Å². The third-order valence-electron chi connectivity index (χ3n) is 2.75. The SMILES string of the molecule is Cc1ccc(-c2nc(C(N)CN(C)C)no2)cc1Br. The highest BCUT2D eigenvalue weighted by Crippen LogP contribution is 2.25. The van der Waals surface area contributed by atoms with Gasteiger partial charge in [0.15, 0.2) is 5.82 Å². The molecule has 1 aromatic carbocycles. The van der Waals surface area contributed by atoms with Crippen LogP contribution in [0.4, 0.5) is 0 Å². The summed E-state index contributed by atoms with van der Waals surface area (Å²) in [5, 5.41) is 3.94. The Morgan fingerprint density at radius 3 is 2.79 bits per heavy atom.